The van der Waals surface area contributed by atoms with Gasteiger partial charge in [-0.25, -0.2) is 9.99 Å². The Balaban J connectivity index is 1.39. The van der Waals surface area contributed by atoms with Gasteiger partial charge >= 0.3 is 0 Å². The Labute approximate surface area is 201 Å². The third-order valence-corrected chi connectivity index (χ3v) is 6.77. The molecule has 0 N–H and O–H groups in total. The van der Waals surface area contributed by atoms with E-state index in [1.54, 1.807) is 11.3 Å². The Kier molecular flexibility index (Phi) is 6.19. The van der Waals surface area contributed by atoms with Crippen molar-refractivity contribution in [1.29, 1.82) is 5.26 Å². The minimum absolute atomic E-state index is 0.118. The van der Waals surface area contributed by atoms with Crippen LogP contribution in [0, 0.1) is 18.3 Å². The molecular formula is C26H23N5O2S. The maximum atomic E-state index is 13.4. The lowest BCUT2D eigenvalue weighted by Crippen LogP contribution is -2.28. The predicted octanol–water partition coefficient (Wildman–Crippen LogP) is 5.32. The molecule has 1 aliphatic rings. The average Bonchev–Trinajstić information content (AvgIpc) is 3.60. The number of fused-ring (bicyclic) bond motifs is 1. The van der Waals surface area contributed by atoms with Crippen molar-refractivity contribution in [3.63, 3.8) is 0 Å². The molecule has 7 nitrogen and oxygen atoms in total. The van der Waals surface area contributed by atoms with Gasteiger partial charge in [0.05, 0.1) is 41.3 Å². The zero-order chi connectivity index (χ0) is 23.5. The van der Waals surface area contributed by atoms with Crippen LogP contribution in [0.4, 0.5) is 0 Å². The third kappa shape index (κ3) is 4.35. The van der Waals surface area contributed by atoms with Crippen LogP contribution in [0.3, 0.4) is 0 Å². The number of nitriles is 1. The summed E-state index contributed by atoms with van der Waals surface area (Å²) in [6.07, 6.45) is 2.58. The van der Waals surface area contributed by atoms with Gasteiger partial charge in [0.1, 0.15) is 11.8 Å². The number of aryl methyl sites for hydroxylation is 2. The lowest BCUT2D eigenvalue weighted by atomic mass is 10.0. The fourth-order valence-corrected chi connectivity index (χ4v) is 4.99. The summed E-state index contributed by atoms with van der Waals surface area (Å²) >= 11 is 1.37. The molecule has 8 heteroatoms. The van der Waals surface area contributed by atoms with Crippen molar-refractivity contribution in [1.82, 2.24) is 14.6 Å². The first kappa shape index (κ1) is 22.0. The maximum absolute atomic E-state index is 13.4. The summed E-state index contributed by atoms with van der Waals surface area (Å²) in [5, 5.41) is 16.0. The average molecular weight is 470 g/mol. The highest BCUT2D eigenvalue weighted by Gasteiger charge is 2.35. The number of benzene rings is 2. The number of imidazole rings is 1. The van der Waals surface area contributed by atoms with Gasteiger partial charge in [0, 0.05) is 13.0 Å². The monoisotopic (exact) mass is 469 g/mol. The van der Waals surface area contributed by atoms with E-state index in [-0.39, 0.29) is 17.7 Å². The summed E-state index contributed by atoms with van der Waals surface area (Å²) in [6.45, 7) is 2.57. The molecule has 0 unspecified atom stereocenters. The zero-order valence-electron chi connectivity index (χ0n) is 18.7. The van der Waals surface area contributed by atoms with E-state index in [9.17, 15) is 4.79 Å². The number of hydrogen-bond donors (Lipinski definition) is 0. The van der Waals surface area contributed by atoms with Crippen LogP contribution in [0.2, 0.25) is 0 Å². The molecule has 0 saturated carbocycles. The molecule has 170 valence electrons. The Morgan fingerprint density at radius 2 is 2.00 bits per heavy atom. The van der Waals surface area contributed by atoms with Crippen LogP contribution in [-0.2, 0) is 11.3 Å². The van der Waals surface area contributed by atoms with Gasteiger partial charge in [0.15, 0.2) is 5.16 Å². The maximum Gasteiger partial charge on any atom is 0.253 e. The van der Waals surface area contributed by atoms with Crippen LogP contribution < -0.4 is 0 Å². The number of amides is 1. The number of carbonyl (C=O) groups excluding carboxylic acids is 1. The van der Waals surface area contributed by atoms with E-state index in [4.69, 9.17) is 19.8 Å². The van der Waals surface area contributed by atoms with Crippen LogP contribution in [0.1, 0.15) is 35.8 Å². The van der Waals surface area contributed by atoms with E-state index >= 15 is 0 Å². The molecule has 1 atom stereocenters. The topological polar surface area (TPSA) is 87.4 Å². The molecule has 2 aromatic heterocycles. The molecule has 0 bridgehead atoms. The van der Waals surface area contributed by atoms with E-state index in [1.807, 2.05) is 72.2 Å². The highest BCUT2D eigenvalue weighted by Crippen LogP contribution is 2.34. The van der Waals surface area contributed by atoms with Gasteiger partial charge < -0.3 is 8.98 Å². The highest BCUT2D eigenvalue weighted by atomic mass is 32.2. The molecule has 0 fully saturated rings. The van der Waals surface area contributed by atoms with E-state index in [0.717, 1.165) is 27.5 Å². The lowest BCUT2D eigenvalue weighted by molar-refractivity contribution is -0.130. The van der Waals surface area contributed by atoms with E-state index < -0.39 is 0 Å². The van der Waals surface area contributed by atoms with Crippen LogP contribution in [0.15, 0.2) is 81.6 Å². The molecule has 0 saturated heterocycles. The van der Waals surface area contributed by atoms with Gasteiger partial charge in [-0.15, -0.1) is 0 Å². The van der Waals surface area contributed by atoms with Crippen LogP contribution in [0.25, 0.3) is 11.0 Å². The second kappa shape index (κ2) is 9.57. The number of furan rings is 1. The third-order valence-electron chi connectivity index (χ3n) is 5.81. The molecule has 0 aliphatic carbocycles. The summed E-state index contributed by atoms with van der Waals surface area (Å²) < 4.78 is 7.65. The Morgan fingerprint density at radius 3 is 2.76 bits per heavy atom. The minimum atomic E-state index is -0.281. The molecule has 1 aliphatic heterocycles. The number of aromatic nitrogens is 2. The molecule has 0 radical (unpaired) electrons. The Hall–Kier alpha value is -3.83. The first-order valence-corrected chi connectivity index (χ1v) is 12.1. The number of thioether (sulfide) groups is 1. The van der Waals surface area contributed by atoms with Crippen molar-refractivity contribution in [2.24, 2.45) is 5.10 Å². The SMILES string of the molecule is Cc1ccc(C2=NN(C(=O)CSc3nc4ccccc4n3CCC#N)[C@H](c3ccco3)C2)cc1. The van der Waals surface area contributed by atoms with Crippen molar-refractivity contribution >= 4 is 34.4 Å². The molecule has 4 aromatic rings. The Bertz CT molecular complexity index is 1380. The quantitative estimate of drug-likeness (QED) is 0.342. The first-order chi connectivity index (χ1) is 16.6. The smallest absolute Gasteiger partial charge is 0.253 e. The predicted molar refractivity (Wildman–Crippen MR) is 131 cm³/mol. The standard InChI is InChI=1S/C26H23N5O2S/c1-18-9-11-19(12-10-18)21-16-23(24-8-4-15-33-24)31(29-21)25(32)17-34-26-28-20-6-2-3-7-22(20)30(26)14-5-13-27/h2-4,6-12,15,23H,5,14,16-17H2,1H3/t23-/m0/s1. The normalized spacial score (nSPS) is 15.5. The summed E-state index contributed by atoms with van der Waals surface area (Å²) in [5.74, 6) is 0.774. The summed E-state index contributed by atoms with van der Waals surface area (Å²) in [6, 6.07) is 21.6. The molecule has 1 amide bonds. The van der Waals surface area contributed by atoms with Gasteiger partial charge in [-0.05, 0) is 36.8 Å². The number of rotatable bonds is 7. The molecule has 0 spiro atoms. The van der Waals surface area contributed by atoms with Gasteiger partial charge in [0.25, 0.3) is 5.91 Å². The molecule has 34 heavy (non-hydrogen) atoms. The number of hydrazone groups is 1. The van der Waals surface area contributed by atoms with Gasteiger partial charge in [0.2, 0.25) is 0 Å². The Morgan fingerprint density at radius 1 is 1.18 bits per heavy atom. The van der Waals surface area contributed by atoms with Crippen molar-refractivity contribution in [3.8, 4) is 6.07 Å². The van der Waals surface area contributed by atoms with Gasteiger partial charge in [-0.1, -0.05) is 53.7 Å². The van der Waals surface area contributed by atoms with Crippen molar-refractivity contribution in [2.45, 2.75) is 37.5 Å². The fraction of sp³-hybridized carbons (Fsp3) is 0.231. The summed E-state index contributed by atoms with van der Waals surface area (Å²) in [7, 11) is 0. The van der Waals surface area contributed by atoms with Crippen molar-refractivity contribution < 1.29 is 9.21 Å². The van der Waals surface area contributed by atoms with E-state index in [0.29, 0.717) is 25.1 Å². The number of para-hydroxylation sites is 2. The van der Waals surface area contributed by atoms with Crippen molar-refractivity contribution in [3.05, 3.63) is 83.8 Å². The van der Waals surface area contributed by atoms with Crippen LogP contribution in [-0.4, -0.2) is 31.9 Å². The molecular weight excluding hydrogens is 446 g/mol. The minimum Gasteiger partial charge on any atom is -0.467 e. The fourth-order valence-electron chi connectivity index (χ4n) is 4.10. The lowest BCUT2D eigenvalue weighted by Gasteiger charge is -2.19. The second-order valence-electron chi connectivity index (χ2n) is 8.12. The first-order valence-electron chi connectivity index (χ1n) is 11.1. The van der Waals surface area contributed by atoms with Crippen molar-refractivity contribution in [2.75, 3.05) is 5.75 Å². The van der Waals surface area contributed by atoms with Crippen LogP contribution in [0.5, 0.6) is 0 Å². The number of nitrogens with zero attached hydrogens (tertiary/aromatic N) is 5. The van der Waals surface area contributed by atoms with Gasteiger partial charge in [-0.2, -0.15) is 10.4 Å². The highest BCUT2D eigenvalue weighted by molar-refractivity contribution is 7.99. The molecule has 3 heterocycles. The van der Waals surface area contributed by atoms with E-state index in [1.165, 1.54) is 17.3 Å². The number of hydrogen-bond acceptors (Lipinski definition) is 6. The molecule has 5 rings (SSSR count). The zero-order valence-corrected chi connectivity index (χ0v) is 19.5. The summed E-state index contributed by atoms with van der Waals surface area (Å²) in [5.41, 5.74) is 4.85. The largest absolute Gasteiger partial charge is 0.467 e. The summed E-state index contributed by atoms with van der Waals surface area (Å²) in [4.78, 5) is 18.1. The number of carbonyl (C=O) groups is 1. The van der Waals surface area contributed by atoms with E-state index in [2.05, 4.69) is 6.07 Å². The van der Waals surface area contributed by atoms with Crippen LogP contribution >= 0.6 is 11.8 Å². The second-order valence-corrected chi connectivity index (χ2v) is 9.06. The van der Waals surface area contributed by atoms with Gasteiger partial charge in [-0.3, -0.25) is 4.79 Å². The molecule has 2 aromatic carbocycles.